The van der Waals surface area contributed by atoms with Crippen LogP contribution < -0.4 is 0 Å². The Hall–Kier alpha value is 0.140. The van der Waals surface area contributed by atoms with E-state index in [1.165, 1.54) is 31.5 Å². The van der Waals surface area contributed by atoms with Crippen molar-refractivity contribution < 1.29 is 0 Å². The van der Waals surface area contributed by atoms with E-state index in [9.17, 15) is 0 Å². The lowest BCUT2D eigenvalue weighted by molar-refractivity contribution is 0.226. The van der Waals surface area contributed by atoms with Crippen molar-refractivity contribution in [3.63, 3.8) is 0 Å². The summed E-state index contributed by atoms with van der Waals surface area (Å²) in [5.41, 5.74) is 1.43. The summed E-state index contributed by atoms with van der Waals surface area (Å²) >= 11 is 3.67. The SMILES string of the molecule is Br.BrC1CCN(Cc2ccccc2)CC1. The second kappa shape index (κ2) is 6.66. The van der Waals surface area contributed by atoms with Crippen LogP contribution in [-0.4, -0.2) is 22.8 Å². The summed E-state index contributed by atoms with van der Waals surface area (Å²) in [4.78, 5) is 3.28. The van der Waals surface area contributed by atoms with Crippen molar-refractivity contribution in [2.45, 2.75) is 24.2 Å². The summed E-state index contributed by atoms with van der Waals surface area (Å²) in [5, 5.41) is 0. The first kappa shape index (κ1) is 13.2. The molecule has 1 aliphatic rings. The van der Waals surface area contributed by atoms with Crippen molar-refractivity contribution in [2.24, 2.45) is 0 Å². The second-order valence-electron chi connectivity index (χ2n) is 3.94. The van der Waals surface area contributed by atoms with E-state index in [1.807, 2.05) is 0 Å². The Labute approximate surface area is 111 Å². The molecule has 0 unspecified atom stereocenters. The van der Waals surface area contributed by atoms with Gasteiger partial charge in [-0.15, -0.1) is 17.0 Å². The molecular weight excluding hydrogens is 318 g/mol. The van der Waals surface area contributed by atoms with Gasteiger partial charge in [-0.2, -0.15) is 0 Å². The number of piperidine rings is 1. The van der Waals surface area contributed by atoms with Crippen molar-refractivity contribution in [1.82, 2.24) is 4.90 Å². The number of halogens is 2. The normalized spacial score (nSPS) is 18.5. The van der Waals surface area contributed by atoms with Gasteiger partial charge in [0.25, 0.3) is 0 Å². The van der Waals surface area contributed by atoms with Gasteiger partial charge < -0.3 is 0 Å². The maximum atomic E-state index is 3.67. The van der Waals surface area contributed by atoms with E-state index in [2.05, 4.69) is 51.2 Å². The second-order valence-corrected chi connectivity index (χ2v) is 5.23. The lowest BCUT2D eigenvalue weighted by Gasteiger charge is -2.29. The molecule has 1 heterocycles. The summed E-state index contributed by atoms with van der Waals surface area (Å²) in [6, 6.07) is 10.7. The van der Waals surface area contributed by atoms with Crippen molar-refractivity contribution in [3.05, 3.63) is 35.9 Å². The van der Waals surface area contributed by atoms with Crippen LogP contribution in [-0.2, 0) is 6.54 Å². The van der Waals surface area contributed by atoms with E-state index in [0.717, 1.165) is 11.4 Å². The number of alkyl halides is 1. The first-order valence-corrected chi connectivity index (χ1v) is 6.16. The lowest BCUT2D eigenvalue weighted by Crippen LogP contribution is -2.33. The Bertz CT molecular complexity index is 268. The standard InChI is InChI=1S/C12H16BrN.BrH/c13-12-6-8-14(9-7-12)10-11-4-2-1-3-5-11;/h1-5,12H,6-10H2;1H. The molecule has 0 saturated carbocycles. The number of nitrogens with zero attached hydrogens (tertiary/aromatic N) is 1. The summed E-state index contributed by atoms with van der Waals surface area (Å²) < 4.78 is 0. The number of hydrogen-bond acceptors (Lipinski definition) is 1. The van der Waals surface area contributed by atoms with Gasteiger partial charge in [0.15, 0.2) is 0 Å². The molecule has 1 saturated heterocycles. The average Bonchev–Trinajstić information content (AvgIpc) is 2.23. The molecule has 84 valence electrons. The summed E-state index contributed by atoms with van der Waals surface area (Å²) in [6.07, 6.45) is 2.57. The molecule has 3 heteroatoms. The Kier molecular flexibility index (Phi) is 5.87. The minimum Gasteiger partial charge on any atom is -0.299 e. The average molecular weight is 335 g/mol. The van der Waals surface area contributed by atoms with E-state index in [0.29, 0.717) is 0 Å². The topological polar surface area (TPSA) is 3.24 Å². The van der Waals surface area contributed by atoms with E-state index in [-0.39, 0.29) is 17.0 Å². The van der Waals surface area contributed by atoms with Gasteiger partial charge in [0.05, 0.1) is 0 Å². The molecule has 1 aliphatic heterocycles. The van der Waals surface area contributed by atoms with Crippen molar-refractivity contribution in [2.75, 3.05) is 13.1 Å². The van der Waals surface area contributed by atoms with Crippen LogP contribution in [0.1, 0.15) is 18.4 Å². The van der Waals surface area contributed by atoms with Crippen LogP contribution in [0.15, 0.2) is 30.3 Å². The Balaban J connectivity index is 0.00000112. The van der Waals surface area contributed by atoms with Crippen molar-refractivity contribution >= 4 is 32.9 Å². The maximum Gasteiger partial charge on any atom is 0.0233 e. The molecule has 0 atom stereocenters. The van der Waals surface area contributed by atoms with Crippen LogP contribution in [0, 0.1) is 0 Å². The van der Waals surface area contributed by atoms with Crippen molar-refractivity contribution in [1.29, 1.82) is 0 Å². The molecule has 1 fully saturated rings. The van der Waals surface area contributed by atoms with Gasteiger partial charge in [-0.3, -0.25) is 4.90 Å². The van der Waals surface area contributed by atoms with Gasteiger partial charge in [0, 0.05) is 11.4 Å². The number of likely N-dealkylation sites (tertiary alicyclic amines) is 1. The molecule has 15 heavy (non-hydrogen) atoms. The zero-order valence-electron chi connectivity index (χ0n) is 8.73. The van der Waals surface area contributed by atoms with Crippen LogP contribution in [0.25, 0.3) is 0 Å². The minimum absolute atomic E-state index is 0. The highest BCUT2D eigenvalue weighted by Gasteiger charge is 2.16. The van der Waals surface area contributed by atoms with Crippen LogP contribution in [0.2, 0.25) is 0 Å². The quantitative estimate of drug-likeness (QED) is 0.746. The molecular formula is C12H17Br2N. The highest BCUT2D eigenvalue weighted by Crippen LogP contribution is 2.18. The monoisotopic (exact) mass is 333 g/mol. The Morgan fingerprint density at radius 1 is 1.13 bits per heavy atom. The minimum atomic E-state index is 0. The first-order valence-electron chi connectivity index (χ1n) is 5.25. The van der Waals surface area contributed by atoms with Crippen LogP contribution in [0.5, 0.6) is 0 Å². The summed E-state index contributed by atoms with van der Waals surface area (Å²) in [5.74, 6) is 0. The number of rotatable bonds is 2. The fourth-order valence-electron chi connectivity index (χ4n) is 1.90. The molecule has 0 spiro atoms. The van der Waals surface area contributed by atoms with E-state index in [1.54, 1.807) is 0 Å². The Morgan fingerprint density at radius 3 is 2.33 bits per heavy atom. The van der Waals surface area contributed by atoms with Gasteiger partial charge in [0.1, 0.15) is 0 Å². The number of benzene rings is 1. The van der Waals surface area contributed by atoms with Gasteiger partial charge in [-0.1, -0.05) is 46.3 Å². The predicted octanol–water partition coefficient (Wildman–Crippen LogP) is 3.62. The molecule has 0 aromatic heterocycles. The van der Waals surface area contributed by atoms with Crippen molar-refractivity contribution in [3.8, 4) is 0 Å². The number of hydrogen-bond donors (Lipinski definition) is 0. The van der Waals surface area contributed by atoms with Gasteiger partial charge in [0.2, 0.25) is 0 Å². The maximum absolute atomic E-state index is 3.67. The smallest absolute Gasteiger partial charge is 0.0233 e. The summed E-state index contributed by atoms with van der Waals surface area (Å²) in [6.45, 7) is 3.57. The van der Waals surface area contributed by atoms with Crippen LogP contribution in [0.4, 0.5) is 0 Å². The fraction of sp³-hybridized carbons (Fsp3) is 0.500. The molecule has 0 aliphatic carbocycles. The highest BCUT2D eigenvalue weighted by molar-refractivity contribution is 9.09. The molecule has 1 aromatic carbocycles. The zero-order valence-corrected chi connectivity index (χ0v) is 12.0. The third kappa shape index (κ3) is 4.25. The lowest BCUT2D eigenvalue weighted by atomic mass is 10.1. The third-order valence-corrected chi connectivity index (χ3v) is 3.68. The molecule has 0 N–H and O–H groups in total. The Morgan fingerprint density at radius 2 is 1.73 bits per heavy atom. The van der Waals surface area contributed by atoms with Gasteiger partial charge in [-0.25, -0.2) is 0 Å². The molecule has 0 amide bonds. The van der Waals surface area contributed by atoms with E-state index >= 15 is 0 Å². The van der Waals surface area contributed by atoms with Crippen LogP contribution in [0.3, 0.4) is 0 Å². The predicted molar refractivity (Wildman–Crippen MR) is 74.0 cm³/mol. The largest absolute Gasteiger partial charge is 0.299 e. The van der Waals surface area contributed by atoms with Crippen LogP contribution >= 0.6 is 32.9 Å². The molecule has 0 bridgehead atoms. The van der Waals surface area contributed by atoms with E-state index in [4.69, 9.17) is 0 Å². The molecule has 2 rings (SSSR count). The zero-order chi connectivity index (χ0) is 9.80. The molecule has 1 aromatic rings. The van der Waals surface area contributed by atoms with Gasteiger partial charge in [-0.05, 0) is 31.5 Å². The molecule has 1 nitrogen and oxygen atoms in total. The van der Waals surface area contributed by atoms with Gasteiger partial charge >= 0.3 is 0 Å². The van der Waals surface area contributed by atoms with E-state index < -0.39 is 0 Å². The molecule has 0 radical (unpaired) electrons. The first-order chi connectivity index (χ1) is 6.84. The highest BCUT2D eigenvalue weighted by atomic mass is 79.9. The fourth-order valence-corrected chi connectivity index (χ4v) is 2.31. The third-order valence-electron chi connectivity index (χ3n) is 2.77. The summed E-state index contributed by atoms with van der Waals surface area (Å²) in [7, 11) is 0.